The number of hydrazine groups is 1. The number of rotatable bonds is 16. The molecule has 5 amide bonds. The maximum absolute atomic E-state index is 13.8. The van der Waals surface area contributed by atoms with E-state index in [1.807, 2.05) is 78.9 Å². The summed E-state index contributed by atoms with van der Waals surface area (Å²) in [7, 11) is 0. The van der Waals surface area contributed by atoms with Crippen molar-refractivity contribution in [2.24, 2.45) is 11.7 Å². The lowest BCUT2D eigenvalue weighted by atomic mass is 9.89. The summed E-state index contributed by atoms with van der Waals surface area (Å²) in [5.41, 5.74) is 10.9. The lowest BCUT2D eigenvalue weighted by molar-refractivity contribution is -0.128. The van der Waals surface area contributed by atoms with Gasteiger partial charge in [-0.05, 0) is 48.4 Å². The molecule has 3 aromatic carbocycles. The first-order valence-electron chi connectivity index (χ1n) is 17.5. The van der Waals surface area contributed by atoms with Gasteiger partial charge in [-0.1, -0.05) is 104 Å². The number of carbonyl (C=O) groups is 4. The average Bonchev–Trinajstić information content (AvgIpc) is 3.14. The Balaban J connectivity index is 1.31. The fourth-order valence-electron chi connectivity index (χ4n) is 6.43. The first-order chi connectivity index (χ1) is 24.7. The third-order valence-corrected chi connectivity index (χ3v) is 9.12. The van der Waals surface area contributed by atoms with E-state index < -0.39 is 48.4 Å². The van der Waals surface area contributed by atoms with Crippen molar-refractivity contribution in [3.63, 3.8) is 0 Å². The molecular formula is C39H47N7O5. The molecule has 1 heterocycles. The number of nitrogens with one attached hydrogen (secondary N) is 4. The molecule has 12 nitrogen and oxygen atoms in total. The second kappa shape index (κ2) is 18.6. The van der Waals surface area contributed by atoms with Crippen LogP contribution < -0.4 is 27.1 Å². The summed E-state index contributed by atoms with van der Waals surface area (Å²) in [6, 6.07) is 27.0. The SMILES string of the molecule is NC(=O)C[C@H](NC(=O)c1ccc2ccccc2n1)C(=O)NC(Cc1ccccc1)C(O)CN(CC1CCCCC1)NC(=O)NCc1ccccc1. The number of hydrogen-bond acceptors (Lipinski definition) is 7. The lowest BCUT2D eigenvalue weighted by Gasteiger charge is -2.34. The van der Waals surface area contributed by atoms with E-state index in [2.05, 4.69) is 26.4 Å². The molecular weight excluding hydrogens is 646 g/mol. The predicted octanol–water partition coefficient (Wildman–Crippen LogP) is 3.59. The minimum atomic E-state index is -1.33. The third kappa shape index (κ3) is 11.6. The predicted molar refractivity (Wildman–Crippen MR) is 195 cm³/mol. The largest absolute Gasteiger partial charge is 0.390 e. The summed E-state index contributed by atoms with van der Waals surface area (Å²) in [6.07, 6.45) is 4.06. The number of nitrogens with two attached hydrogens (primary N) is 1. The molecule has 0 aliphatic heterocycles. The summed E-state index contributed by atoms with van der Waals surface area (Å²) in [5, 5.41) is 22.7. The molecule has 3 atom stereocenters. The van der Waals surface area contributed by atoms with E-state index in [0.717, 1.165) is 42.2 Å². The van der Waals surface area contributed by atoms with Gasteiger partial charge in [0.1, 0.15) is 11.7 Å². The van der Waals surface area contributed by atoms with E-state index in [4.69, 9.17) is 5.73 Å². The van der Waals surface area contributed by atoms with Crippen LogP contribution in [0.4, 0.5) is 4.79 Å². The van der Waals surface area contributed by atoms with Gasteiger partial charge in [0.25, 0.3) is 5.91 Å². The van der Waals surface area contributed by atoms with Crippen molar-refractivity contribution in [2.45, 2.75) is 69.7 Å². The van der Waals surface area contributed by atoms with Crippen LogP contribution in [-0.2, 0) is 22.6 Å². The van der Waals surface area contributed by atoms with Gasteiger partial charge >= 0.3 is 6.03 Å². The fourth-order valence-corrected chi connectivity index (χ4v) is 6.43. The Morgan fingerprint density at radius 1 is 0.824 bits per heavy atom. The van der Waals surface area contributed by atoms with E-state index in [-0.39, 0.29) is 18.7 Å². The van der Waals surface area contributed by atoms with Gasteiger partial charge in [0.05, 0.1) is 24.1 Å². The molecule has 0 spiro atoms. The number of aliphatic hydroxyl groups excluding tert-OH is 1. The maximum Gasteiger partial charge on any atom is 0.329 e. The first kappa shape index (κ1) is 36.9. The number of aliphatic hydroxyl groups is 1. The molecule has 1 aliphatic rings. The minimum Gasteiger partial charge on any atom is -0.390 e. The highest BCUT2D eigenvalue weighted by atomic mass is 16.3. The molecule has 0 saturated heterocycles. The Labute approximate surface area is 298 Å². The second-order valence-corrected chi connectivity index (χ2v) is 13.1. The number of urea groups is 1. The smallest absolute Gasteiger partial charge is 0.329 e. The Morgan fingerprint density at radius 2 is 1.49 bits per heavy atom. The van der Waals surface area contributed by atoms with Crippen LogP contribution in [0.2, 0.25) is 0 Å². The Kier molecular flexibility index (Phi) is 13.5. The molecule has 7 N–H and O–H groups in total. The maximum atomic E-state index is 13.8. The fraction of sp³-hybridized carbons (Fsp3) is 0.359. The number of carbonyl (C=O) groups excluding carboxylic acids is 4. The van der Waals surface area contributed by atoms with E-state index in [1.54, 1.807) is 23.2 Å². The van der Waals surface area contributed by atoms with E-state index in [1.165, 1.54) is 6.42 Å². The molecule has 12 heteroatoms. The van der Waals surface area contributed by atoms with Crippen LogP contribution >= 0.6 is 0 Å². The molecule has 0 radical (unpaired) electrons. The van der Waals surface area contributed by atoms with Crippen molar-refractivity contribution < 1.29 is 24.3 Å². The number of aromatic nitrogens is 1. The number of nitrogens with zero attached hydrogens (tertiary/aromatic N) is 2. The highest BCUT2D eigenvalue weighted by molar-refractivity contribution is 5.99. The van der Waals surface area contributed by atoms with Crippen molar-refractivity contribution in [3.05, 3.63) is 114 Å². The van der Waals surface area contributed by atoms with Crippen LogP contribution in [0.25, 0.3) is 10.9 Å². The number of benzene rings is 3. The normalized spacial score (nSPS) is 15.0. The summed E-state index contributed by atoms with van der Waals surface area (Å²) >= 11 is 0. The van der Waals surface area contributed by atoms with Gasteiger partial charge < -0.3 is 26.8 Å². The van der Waals surface area contributed by atoms with Gasteiger partial charge in [-0.2, -0.15) is 0 Å². The van der Waals surface area contributed by atoms with Crippen LogP contribution in [0.5, 0.6) is 0 Å². The Bertz CT molecular complexity index is 1750. The van der Waals surface area contributed by atoms with Gasteiger partial charge in [0.15, 0.2) is 0 Å². The molecule has 268 valence electrons. The third-order valence-electron chi connectivity index (χ3n) is 9.12. The standard InChI is InChI=1S/C39H47N7O5/c40-36(48)23-34(44-37(49)32-21-20-30-18-10-11-19-31(30)42-32)38(50)43-33(22-27-12-4-1-5-13-27)35(47)26-46(25-29-16-8-3-9-17-29)45-39(51)41-24-28-14-6-2-7-15-28/h1-2,4-7,10-15,18-21,29,33-35,47H,3,8-9,16-17,22-26H2,(H2,40,48)(H,43,50)(H,44,49)(H2,41,45,51)/t33?,34-,35?/m0/s1. The molecule has 5 rings (SSSR count). The average molecular weight is 694 g/mol. The Hall–Kier alpha value is -5.33. The molecule has 2 unspecified atom stereocenters. The zero-order valence-corrected chi connectivity index (χ0v) is 28.7. The van der Waals surface area contributed by atoms with E-state index in [9.17, 15) is 24.3 Å². The molecule has 1 aliphatic carbocycles. The van der Waals surface area contributed by atoms with Crippen LogP contribution in [0.15, 0.2) is 97.1 Å². The monoisotopic (exact) mass is 693 g/mol. The molecule has 1 fully saturated rings. The number of para-hydroxylation sites is 1. The summed E-state index contributed by atoms with van der Waals surface area (Å²) in [6.45, 7) is 0.878. The number of primary amides is 1. The van der Waals surface area contributed by atoms with Gasteiger partial charge in [0, 0.05) is 25.0 Å². The lowest BCUT2D eigenvalue weighted by Crippen LogP contribution is -2.58. The zero-order valence-electron chi connectivity index (χ0n) is 28.7. The quantitative estimate of drug-likeness (QED) is 0.0971. The number of pyridine rings is 1. The number of amides is 5. The number of hydrogen-bond donors (Lipinski definition) is 6. The van der Waals surface area contributed by atoms with Gasteiger partial charge in [-0.3, -0.25) is 19.8 Å². The molecule has 0 bridgehead atoms. The minimum absolute atomic E-state index is 0.0148. The van der Waals surface area contributed by atoms with Crippen molar-refractivity contribution in [2.75, 3.05) is 13.1 Å². The van der Waals surface area contributed by atoms with E-state index >= 15 is 0 Å². The summed E-state index contributed by atoms with van der Waals surface area (Å²) in [5.74, 6) is -1.78. The first-order valence-corrected chi connectivity index (χ1v) is 17.5. The molecule has 51 heavy (non-hydrogen) atoms. The van der Waals surface area contributed by atoms with Crippen LogP contribution in [-0.4, -0.2) is 70.1 Å². The van der Waals surface area contributed by atoms with Gasteiger partial charge in [-0.25, -0.2) is 14.8 Å². The van der Waals surface area contributed by atoms with Gasteiger partial charge in [-0.15, -0.1) is 0 Å². The van der Waals surface area contributed by atoms with Crippen LogP contribution in [0.1, 0.15) is 60.1 Å². The summed E-state index contributed by atoms with van der Waals surface area (Å²) < 4.78 is 0. The topological polar surface area (TPSA) is 179 Å². The van der Waals surface area contributed by atoms with Gasteiger partial charge in [0.2, 0.25) is 11.8 Å². The van der Waals surface area contributed by atoms with E-state index in [0.29, 0.717) is 24.5 Å². The zero-order chi connectivity index (χ0) is 36.0. The van der Waals surface area contributed by atoms with Crippen molar-refractivity contribution >= 4 is 34.7 Å². The highest BCUT2D eigenvalue weighted by Crippen LogP contribution is 2.24. The molecule has 1 aromatic heterocycles. The highest BCUT2D eigenvalue weighted by Gasteiger charge is 2.31. The van der Waals surface area contributed by atoms with Crippen LogP contribution in [0, 0.1) is 5.92 Å². The second-order valence-electron chi connectivity index (χ2n) is 13.1. The van der Waals surface area contributed by atoms with Crippen LogP contribution in [0.3, 0.4) is 0 Å². The Morgan fingerprint density at radius 3 is 2.20 bits per heavy atom. The van der Waals surface area contributed by atoms with Crippen molar-refractivity contribution in [1.82, 2.24) is 31.4 Å². The summed E-state index contributed by atoms with van der Waals surface area (Å²) in [4.78, 5) is 56.6. The number of fused-ring (bicyclic) bond motifs is 1. The molecule has 1 saturated carbocycles. The van der Waals surface area contributed by atoms with Crippen molar-refractivity contribution in [1.29, 1.82) is 0 Å². The van der Waals surface area contributed by atoms with Crippen molar-refractivity contribution in [3.8, 4) is 0 Å². The molecule has 4 aromatic rings.